The number of benzene rings is 1. The zero-order chi connectivity index (χ0) is 16.1. The van der Waals surface area contributed by atoms with Gasteiger partial charge in [-0.3, -0.25) is 0 Å². The first-order valence-electron chi connectivity index (χ1n) is 8.62. The van der Waals surface area contributed by atoms with Gasteiger partial charge >= 0.3 is 0 Å². The van der Waals surface area contributed by atoms with Crippen molar-refractivity contribution < 1.29 is 4.74 Å². The SMILES string of the molecule is Cc1cc(-n2cccn2)ccc1CN(C)CCC[C@H]1CCCO1. The molecule has 1 aromatic carbocycles. The van der Waals surface area contributed by atoms with Gasteiger partial charge in [0.05, 0.1) is 11.8 Å². The number of aryl methyl sites for hydroxylation is 1. The van der Waals surface area contributed by atoms with Crippen LogP contribution in [0.2, 0.25) is 0 Å². The Morgan fingerprint density at radius 3 is 3.00 bits per heavy atom. The number of ether oxygens (including phenoxy) is 1. The molecule has 4 nitrogen and oxygen atoms in total. The minimum Gasteiger partial charge on any atom is -0.378 e. The van der Waals surface area contributed by atoms with Gasteiger partial charge in [-0.25, -0.2) is 4.68 Å². The third-order valence-electron chi connectivity index (χ3n) is 4.63. The predicted molar refractivity (Wildman–Crippen MR) is 92.8 cm³/mol. The molecule has 124 valence electrons. The van der Waals surface area contributed by atoms with E-state index in [9.17, 15) is 0 Å². The molecule has 1 atom stereocenters. The molecule has 1 aromatic heterocycles. The predicted octanol–water partition coefficient (Wildman–Crippen LogP) is 3.57. The molecule has 4 heteroatoms. The van der Waals surface area contributed by atoms with Crippen LogP contribution in [0.5, 0.6) is 0 Å². The molecular formula is C19H27N3O. The Morgan fingerprint density at radius 1 is 1.39 bits per heavy atom. The van der Waals surface area contributed by atoms with Crippen LogP contribution in [0.25, 0.3) is 5.69 Å². The van der Waals surface area contributed by atoms with Crippen LogP contribution in [0, 0.1) is 6.92 Å². The fraction of sp³-hybridized carbons (Fsp3) is 0.526. The van der Waals surface area contributed by atoms with Crippen LogP contribution in [0.1, 0.15) is 36.8 Å². The van der Waals surface area contributed by atoms with E-state index in [1.807, 2.05) is 23.1 Å². The molecule has 23 heavy (non-hydrogen) atoms. The van der Waals surface area contributed by atoms with Crippen molar-refractivity contribution in [3.05, 3.63) is 47.8 Å². The first kappa shape index (κ1) is 16.2. The molecule has 0 bridgehead atoms. The lowest BCUT2D eigenvalue weighted by atomic mass is 10.1. The number of hydrogen-bond donors (Lipinski definition) is 0. The molecule has 0 N–H and O–H groups in total. The van der Waals surface area contributed by atoms with Gasteiger partial charge in [0.1, 0.15) is 0 Å². The van der Waals surface area contributed by atoms with E-state index in [0.717, 1.165) is 25.4 Å². The minimum absolute atomic E-state index is 0.512. The van der Waals surface area contributed by atoms with E-state index < -0.39 is 0 Å². The zero-order valence-corrected chi connectivity index (χ0v) is 14.2. The van der Waals surface area contributed by atoms with Crippen molar-refractivity contribution in [3.63, 3.8) is 0 Å². The van der Waals surface area contributed by atoms with E-state index in [-0.39, 0.29) is 0 Å². The lowest BCUT2D eigenvalue weighted by molar-refractivity contribution is 0.0995. The number of hydrogen-bond acceptors (Lipinski definition) is 3. The highest BCUT2D eigenvalue weighted by molar-refractivity contribution is 5.39. The summed E-state index contributed by atoms with van der Waals surface area (Å²) in [5, 5.41) is 4.29. The third-order valence-corrected chi connectivity index (χ3v) is 4.63. The van der Waals surface area contributed by atoms with Gasteiger partial charge in [-0.1, -0.05) is 6.07 Å². The molecule has 0 unspecified atom stereocenters. The molecule has 2 aromatic rings. The molecular weight excluding hydrogens is 286 g/mol. The summed E-state index contributed by atoms with van der Waals surface area (Å²) in [5.41, 5.74) is 3.83. The van der Waals surface area contributed by atoms with Crippen molar-refractivity contribution in [3.8, 4) is 5.69 Å². The van der Waals surface area contributed by atoms with Crippen LogP contribution in [0.4, 0.5) is 0 Å². The van der Waals surface area contributed by atoms with Crippen LogP contribution in [-0.2, 0) is 11.3 Å². The van der Waals surface area contributed by atoms with Crippen molar-refractivity contribution >= 4 is 0 Å². The van der Waals surface area contributed by atoms with Crippen LogP contribution in [-0.4, -0.2) is 41.0 Å². The number of rotatable bonds is 7. The molecule has 1 fully saturated rings. The molecule has 0 amide bonds. The van der Waals surface area contributed by atoms with E-state index in [2.05, 4.69) is 42.2 Å². The second kappa shape index (κ2) is 7.75. The highest BCUT2D eigenvalue weighted by Crippen LogP contribution is 2.18. The van der Waals surface area contributed by atoms with E-state index >= 15 is 0 Å². The van der Waals surface area contributed by atoms with Gasteiger partial charge in [-0.05, 0) is 75.5 Å². The molecule has 0 aliphatic carbocycles. The molecule has 0 radical (unpaired) electrons. The minimum atomic E-state index is 0.512. The molecule has 1 aliphatic rings. The topological polar surface area (TPSA) is 30.3 Å². The molecule has 1 saturated heterocycles. The normalized spacial score (nSPS) is 18.0. The van der Waals surface area contributed by atoms with Crippen LogP contribution < -0.4 is 0 Å². The first-order valence-corrected chi connectivity index (χ1v) is 8.62. The van der Waals surface area contributed by atoms with E-state index in [0.29, 0.717) is 6.10 Å². The summed E-state index contributed by atoms with van der Waals surface area (Å²) in [6.45, 7) is 5.27. The second-order valence-corrected chi connectivity index (χ2v) is 6.58. The summed E-state index contributed by atoms with van der Waals surface area (Å²) < 4.78 is 7.60. The van der Waals surface area contributed by atoms with Gasteiger partial charge in [-0.2, -0.15) is 5.10 Å². The average molecular weight is 313 g/mol. The van der Waals surface area contributed by atoms with Crippen molar-refractivity contribution in [2.24, 2.45) is 0 Å². The van der Waals surface area contributed by atoms with E-state index in [1.165, 1.54) is 36.8 Å². The van der Waals surface area contributed by atoms with Gasteiger partial charge in [0.25, 0.3) is 0 Å². The molecule has 3 rings (SSSR count). The van der Waals surface area contributed by atoms with Gasteiger partial charge in [0.15, 0.2) is 0 Å². The molecule has 0 saturated carbocycles. The third kappa shape index (κ3) is 4.43. The van der Waals surface area contributed by atoms with Gasteiger partial charge in [-0.15, -0.1) is 0 Å². The van der Waals surface area contributed by atoms with E-state index in [1.54, 1.807) is 0 Å². The Hall–Kier alpha value is -1.65. The lowest BCUT2D eigenvalue weighted by Crippen LogP contribution is -2.21. The summed E-state index contributed by atoms with van der Waals surface area (Å²) in [4.78, 5) is 2.41. The largest absolute Gasteiger partial charge is 0.378 e. The van der Waals surface area contributed by atoms with Crippen molar-refractivity contribution in [1.29, 1.82) is 0 Å². The highest BCUT2D eigenvalue weighted by atomic mass is 16.5. The Kier molecular flexibility index (Phi) is 5.47. The molecule has 2 heterocycles. The summed E-state index contributed by atoms with van der Waals surface area (Å²) in [7, 11) is 2.20. The first-order chi connectivity index (χ1) is 11.2. The fourth-order valence-electron chi connectivity index (χ4n) is 3.25. The highest BCUT2D eigenvalue weighted by Gasteiger charge is 2.15. The molecule has 1 aliphatic heterocycles. The van der Waals surface area contributed by atoms with Crippen LogP contribution in [0.3, 0.4) is 0 Å². The van der Waals surface area contributed by atoms with Crippen molar-refractivity contribution in [2.75, 3.05) is 20.2 Å². The maximum absolute atomic E-state index is 5.69. The number of aromatic nitrogens is 2. The Balaban J connectivity index is 1.50. The lowest BCUT2D eigenvalue weighted by Gasteiger charge is -2.19. The zero-order valence-electron chi connectivity index (χ0n) is 14.2. The van der Waals surface area contributed by atoms with E-state index in [4.69, 9.17) is 4.74 Å². The summed E-state index contributed by atoms with van der Waals surface area (Å²) in [6, 6.07) is 8.53. The maximum Gasteiger partial charge on any atom is 0.0648 e. The summed E-state index contributed by atoms with van der Waals surface area (Å²) in [5.74, 6) is 0. The Morgan fingerprint density at radius 2 is 2.30 bits per heavy atom. The maximum atomic E-state index is 5.69. The van der Waals surface area contributed by atoms with Crippen molar-refractivity contribution in [2.45, 2.75) is 45.3 Å². The van der Waals surface area contributed by atoms with Crippen molar-refractivity contribution in [1.82, 2.24) is 14.7 Å². The standard InChI is InChI=1S/C19H27N3O/c1-16-14-18(22-12-5-10-20-22)9-8-17(16)15-21(2)11-3-6-19-7-4-13-23-19/h5,8-10,12,14,19H,3-4,6-7,11,13,15H2,1-2H3/t19-/m0/s1. The quantitative estimate of drug-likeness (QED) is 0.783. The Labute approximate surface area is 139 Å². The summed E-state index contributed by atoms with van der Waals surface area (Å²) in [6.07, 6.45) is 9.20. The van der Waals surface area contributed by atoms with Crippen LogP contribution in [0.15, 0.2) is 36.7 Å². The van der Waals surface area contributed by atoms with Gasteiger partial charge in [0.2, 0.25) is 0 Å². The second-order valence-electron chi connectivity index (χ2n) is 6.58. The van der Waals surface area contributed by atoms with Gasteiger partial charge in [0, 0.05) is 25.5 Å². The Bertz CT molecular complexity index is 603. The molecule has 0 spiro atoms. The van der Waals surface area contributed by atoms with Crippen LogP contribution >= 0.6 is 0 Å². The fourth-order valence-corrected chi connectivity index (χ4v) is 3.25. The number of nitrogens with zero attached hydrogens (tertiary/aromatic N) is 3. The monoisotopic (exact) mass is 313 g/mol. The smallest absolute Gasteiger partial charge is 0.0648 e. The average Bonchev–Trinajstić information content (AvgIpc) is 3.22. The van der Waals surface area contributed by atoms with Gasteiger partial charge < -0.3 is 9.64 Å². The summed E-state index contributed by atoms with van der Waals surface area (Å²) >= 11 is 0.